The van der Waals surface area contributed by atoms with Gasteiger partial charge in [0.1, 0.15) is 5.69 Å². The second kappa shape index (κ2) is 9.28. The first kappa shape index (κ1) is 23.5. The zero-order valence-corrected chi connectivity index (χ0v) is 19.8. The van der Waals surface area contributed by atoms with Crippen molar-refractivity contribution in [3.8, 4) is 0 Å². The molecule has 0 saturated carbocycles. The summed E-state index contributed by atoms with van der Waals surface area (Å²) in [4.78, 5) is 4.59. The lowest BCUT2D eigenvalue weighted by molar-refractivity contribution is 0.313. The summed E-state index contributed by atoms with van der Waals surface area (Å²) in [6, 6.07) is 10.2. The number of likely N-dealkylation sites (N-methyl/N-ethyl adjacent to an activating group) is 1. The third kappa shape index (κ3) is 4.97. The van der Waals surface area contributed by atoms with Crippen LogP contribution in [0.2, 0.25) is 0 Å². The maximum Gasteiger partial charge on any atom is 0.156 e. The molecule has 10 heteroatoms. The number of sulfone groups is 1. The molecule has 0 aromatic heterocycles. The van der Waals surface area contributed by atoms with E-state index in [9.17, 15) is 12.8 Å². The largest absolute Gasteiger partial charge is 0.369 e. The molecular formula is C23H29F2N5O2S. The molecule has 33 heavy (non-hydrogen) atoms. The van der Waals surface area contributed by atoms with Gasteiger partial charge in [-0.15, -0.1) is 5.53 Å². The predicted octanol–water partition coefficient (Wildman–Crippen LogP) is 2.87. The Kier molecular flexibility index (Phi) is 6.60. The molecule has 0 spiro atoms. The highest BCUT2D eigenvalue weighted by Crippen LogP contribution is 2.30. The van der Waals surface area contributed by atoms with Crippen molar-refractivity contribution >= 4 is 26.9 Å². The summed E-state index contributed by atoms with van der Waals surface area (Å²) < 4.78 is 54.3. The molecule has 2 aliphatic heterocycles. The second-order valence-corrected chi connectivity index (χ2v) is 11.3. The van der Waals surface area contributed by atoms with E-state index in [2.05, 4.69) is 27.8 Å². The number of benzene rings is 2. The van der Waals surface area contributed by atoms with E-state index >= 15 is 4.39 Å². The number of piperazine rings is 1. The first-order valence-corrected chi connectivity index (χ1v) is 12.6. The molecule has 4 rings (SSSR count). The predicted molar refractivity (Wildman–Crippen MR) is 127 cm³/mol. The van der Waals surface area contributed by atoms with Gasteiger partial charge in [0.05, 0.1) is 16.7 Å². The molecule has 2 N–H and O–H groups in total. The fourth-order valence-electron chi connectivity index (χ4n) is 3.81. The number of hydrazine groups is 2. The number of nitrogens with zero attached hydrogens (tertiary/aromatic N) is 3. The monoisotopic (exact) mass is 477 g/mol. The Hall–Kier alpha value is -2.69. The molecule has 0 atom stereocenters. The highest BCUT2D eigenvalue weighted by molar-refractivity contribution is 7.91. The molecular weight excluding hydrogens is 448 g/mol. The lowest BCUT2D eigenvalue weighted by Gasteiger charge is -2.34. The number of nitrogens with one attached hydrogen (secondary N) is 2. The Bertz CT molecular complexity index is 1160. The zero-order chi connectivity index (χ0) is 23.8. The van der Waals surface area contributed by atoms with E-state index in [0.29, 0.717) is 5.70 Å². The summed E-state index contributed by atoms with van der Waals surface area (Å²) in [5, 5.41) is 0.546. The highest BCUT2D eigenvalue weighted by Gasteiger charge is 2.26. The highest BCUT2D eigenvalue weighted by atomic mass is 32.2. The maximum absolute atomic E-state index is 15.2. The molecule has 2 aliphatic rings. The molecule has 178 valence electrons. The summed E-state index contributed by atoms with van der Waals surface area (Å²) in [5.41, 5.74) is 7.88. The number of hydrogen-bond acceptors (Lipinski definition) is 7. The van der Waals surface area contributed by atoms with E-state index in [1.165, 1.54) is 24.9 Å². The molecule has 0 amide bonds. The SMILES string of the molecule is CC(C)S(=O)(=O)Cc1ccc(F)c(N2C=C(c3cccc(N4CCN(C)CC4)c3)NN2)c1F. The van der Waals surface area contributed by atoms with Crippen LogP contribution in [0.1, 0.15) is 25.0 Å². The van der Waals surface area contributed by atoms with Crippen molar-refractivity contribution in [1.82, 2.24) is 15.9 Å². The quantitative estimate of drug-likeness (QED) is 0.663. The van der Waals surface area contributed by atoms with E-state index in [0.717, 1.165) is 43.5 Å². The molecule has 2 heterocycles. The van der Waals surface area contributed by atoms with Crippen molar-refractivity contribution in [3.63, 3.8) is 0 Å². The maximum atomic E-state index is 15.2. The smallest absolute Gasteiger partial charge is 0.156 e. The van der Waals surface area contributed by atoms with Gasteiger partial charge in [-0.2, -0.15) is 0 Å². The number of anilines is 2. The molecule has 2 aromatic carbocycles. The molecule has 0 bridgehead atoms. The molecule has 1 saturated heterocycles. The van der Waals surface area contributed by atoms with Gasteiger partial charge in [-0.1, -0.05) is 18.2 Å². The summed E-state index contributed by atoms with van der Waals surface area (Å²) in [6.45, 7) is 6.91. The van der Waals surface area contributed by atoms with Gasteiger partial charge < -0.3 is 15.2 Å². The summed E-state index contributed by atoms with van der Waals surface area (Å²) in [5.74, 6) is -2.19. The first-order valence-electron chi connectivity index (χ1n) is 10.9. The second-order valence-electron chi connectivity index (χ2n) is 8.72. The Morgan fingerprint density at radius 3 is 2.48 bits per heavy atom. The number of rotatable bonds is 6. The molecule has 2 aromatic rings. The van der Waals surface area contributed by atoms with E-state index in [-0.39, 0.29) is 11.3 Å². The summed E-state index contributed by atoms with van der Waals surface area (Å²) >= 11 is 0. The van der Waals surface area contributed by atoms with E-state index < -0.39 is 32.5 Å². The Balaban J connectivity index is 1.60. The van der Waals surface area contributed by atoms with Crippen LogP contribution < -0.4 is 20.9 Å². The molecule has 7 nitrogen and oxygen atoms in total. The fraction of sp³-hybridized carbons (Fsp3) is 0.391. The van der Waals surface area contributed by atoms with Gasteiger partial charge in [-0.05, 0) is 39.1 Å². The lowest BCUT2D eigenvalue weighted by atomic mass is 10.1. The van der Waals surface area contributed by atoms with Crippen LogP contribution in [0, 0.1) is 11.6 Å². The van der Waals surface area contributed by atoms with Crippen LogP contribution >= 0.6 is 0 Å². The van der Waals surface area contributed by atoms with Crippen molar-refractivity contribution in [2.45, 2.75) is 24.9 Å². The fourth-order valence-corrected chi connectivity index (χ4v) is 4.80. The average molecular weight is 478 g/mol. The number of hydrogen-bond donors (Lipinski definition) is 2. The Labute approximate surface area is 193 Å². The van der Waals surface area contributed by atoms with Gasteiger partial charge in [-0.25, -0.2) is 17.2 Å². The Morgan fingerprint density at radius 1 is 1.06 bits per heavy atom. The standard InChI is InChI=1S/C23H29F2N5O2S/c1-16(2)33(31,32)15-18-7-8-20(24)23(22(18)25)30-14-21(26-27-30)17-5-4-6-19(13-17)29-11-9-28(3)10-12-29/h4-8,13-14,16,26-27H,9-12,15H2,1-3H3. The van der Waals surface area contributed by atoms with Crippen molar-refractivity contribution in [2.24, 2.45) is 0 Å². The Morgan fingerprint density at radius 2 is 1.79 bits per heavy atom. The van der Waals surface area contributed by atoms with Crippen molar-refractivity contribution < 1.29 is 17.2 Å². The molecule has 1 fully saturated rings. The van der Waals surface area contributed by atoms with Crippen LogP contribution in [0.5, 0.6) is 0 Å². The van der Waals surface area contributed by atoms with Crippen molar-refractivity contribution in [2.75, 3.05) is 43.1 Å². The molecule has 0 unspecified atom stereocenters. The van der Waals surface area contributed by atoms with Crippen molar-refractivity contribution in [3.05, 3.63) is 65.4 Å². The third-order valence-corrected chi connectivity index (χ3v) is 8.21. The van der Waals surface area contributed by atoms with Crippen LogP contribution in [-0.2, 0) is 15.6 Å². The average Bonchev–Trinajstić information content (AvgIpc) is 3.26. The van der Waals surface area contributed by atoms with Crippen LogP contribution in [0.15, 0.2) is 42.6 Å². The van der Waals surface area contributed by atoms with Gasteiger partial charge in [0.2, 0.25) is 0 Å². The van der Waals surface area contributed by atoms with Crippen LogP contribution in [-0.4, -0.2) is 51.8 Å². The minimum atomic E-state index is -3.54. The summed E-state index contributed by atoms with van der Waals surface area (Å²) in [7, 11) is -1.44. The lowest BCUT2D eigenvalue weighted by Crippen LogP contribution is -2.44. The van der Waals surface area contributed by atoms with Gasteiger partial charge in [-0.3, -0.25) is 5.01 Å². The van der Waals surface area contributed by atoms with Crippen LogP contribution in [0.4, 0.5) is 20.2 Å². The van der Waals surface area contributed by atoms with E-state index in [1.807, 2.05) is 24.3 Å². The molecule has 0 radical (unpaired) electrons. The zero-order valence-electron chi connectivity index (χ0n) is 19.0. The van der Waals surface area contributed by atoms with Crippen LogP contribution in [0.25, 0.3) is 5.70 Å². The minimum absolute atomic E-state index is 0.0687. The molecule has 0 aliphatic carbocycles. The summed E-state index contributed by atoms with van der Waals surface area (Å²) in [6.07, 6.45) is 1.56. The van der Waals surface area contributed by atoms with Gasteiger partial charge in [0.25, 0.3) is 0 Å². The van der Waals surface area contributed by atoms with Crippen LogP contribution in [0.3, 0.4) is 0 Å². The van der Waals surface area contributed by atoms with Gasteiger partial charge in [0.15, 0.2) is 21.5 Å². The minimum Gasteiger partial charge on any atom is -0.369 e. The normalized spacial score (nSPS) is 17.5. The van der Waals surface area contributed by atoms with Gasteiger partial charge in [0, 0.05) is 49.2 Å². The first-order chi connectivity index (χ1) is 15.7. The number of halogens is 2. The topological polar surface area (TPSA) is 67.9 Å². The van der Waals surface area contributed by atoms with Crippen molar-refractivity contribution in [1.29, 1.82) is 0 Å². The van der Waals surface area contributed by atoms with E-state index in [1.54, 1.807) is 6.20 Å². The van der Waals surface area contributed by atoms with Gasteiger partial charge >= 0.3 is 0 Å². The van der Waals surface area contributed by atoms with E-state index in [4.69, 9.17) is 0 Å². The third-order valence-electron chi connectivity index (χ3n) is 6.06.